The van der Waals surface area contributed by atoms with E-state index in [2.05, 4.69) is 54.5 Å². The van der Waals surface area contributed by atoms with Crippen LogP contribution in [0.1, 0.15) is 74.3 Å². The van der Waals surface area contributed by atoms with Gasteiger partial charge in [-0.1, -0.05) is 75.2 Å². The molecular formula is C43H53ClN4O6. The lowest BCUT2D eigenvalue weighted by Crippen LogP contribution is -2.45. The van der Waals surface area contributed by atoms with Gasteiger partial charge in [0.25, 0.3) is 0 Å². The van der Waals surface area contributed by atoms with Gasteiger partial charge in [0.1, 0.15) is 42.4 Å². The van der Waals surface area contributed by atoms with E-state index in [1.807, 2.05) is 37.0 Å². The number of ether oxygens (including phenoxy) is 3. The molecule has 0 amide bonds. The van der Waals surface area contributed by atoms with Crippen LogP contribution < -0.4 is 14.8 Å². The molecule has 0 bridgehead atoms. The number of aromatic nitrogens is 1. The van der Waals surface area contributed by atoms with Crippen molar-refractivity contribution in [2.45, 2.75) is 78.2 Å². The minimum atomic E-state index is -0.841. The zero-order chi connectivity index (χ0) is 38.7. The number of allylic oxidation sites excluding steroid dienone is 2. The Bertz CT molecular complexity index is 1860. The molecule has 3 aromatic rings. The number of aliphatic hydroxyl groups excluding tert-OH is 1. The van der Waals surface area contributed by atoms with Gasteiger partial charge in [-0.15, -0.1) is 0 Å². The molecule has 2 heterocycles. The molecule has 1 fully saturated rings. The van der Waals surface area contributed by atoms with Crippen molar-refractivity contribution in [1.82, 2.24) is 15.2 Å². The maximum absolute atomic E-state index is 12.1. The first kappa shape index (κ1) is 40.9. The highest BCUT2D eigenvalue weighted by atomic mass is 35.5. The summed E-state index contributed by atoms with van der Waals surface area (Å²) in [6, 6.07) is 15.1. The summed E-state index contributed by atoms with van der Waals surface area (Å²) in [4.78, 5) is 18.3. The second-order valence-electron chi connectivity index (χ2n) is 15.2. The zero-order valence-corrected chi connectivity index (χ0v) is 32.6. The number of halogens is 1. The molecule has 1 aromatic heterocycles. The number of likely N-dealkylation sites (tertiary alicyclic amines) is 1. The normalized spacial score (nSPS) is 20.3. The summed E-state index contributed by atoms with van der Waals surface area (Å²) in [5, 5.41) is 32.8. The number of carbonyl (C=O) groups is 1. The molecule has 1 saturated heterocycles. The maximum Gasteiger partial charge on any atom is 0.320 e. The number of aliphatic carboxylic acids is 1. The van der Waals surface area contributed by atoms with E-state index in [0.29, 0.717) is 54.7 Å². The van der Waals surface area contributed by atoms with Gasteiger partial charge in [0.15, 0.2) is 0 Å². The Hall–Kier alpha value is -4.24. The first-order valence-electron chi connectivity index (χ1n) is 18.7. The number of carboxylic acid groups (broad SMARTS) is 1. The van der Waals surface area contributed by atoms with Crippen molar-refractivity contribution in [3.8, 4) is 17.6 Å². The van der Waals surface area contributed by atoms with Gasteiger partial charge in [0, 0.05) is 67.2 Å². The second kappa shape index (κ2) is 18.9. The number of rotatable bonds is 18. The van der Waals surface area contributed by atoms with Gasteiger partial charge in [0.2, 0.25) is 0 Å². The molecule has 54 heavy (non-hydrogen) atoms. The van der Waals surface area contributed by atoms with Gasteiger partial charge in [-0.25, -0.2) is 0 Å². The predicted molar refractivity (Wildman–Crippen MR) is 210 cm³/mol. The highest BCUT2D eigenvalue weighted by Gasteiger charge is 2.40. The smallest absolute Gasteiger partial charge is 0.320 e. The number of hydrogen-bond donors (Lipinski definition) is 3. The lowest BCUT2D eigenvalue weighted by Gasteiger charge is -2.40. The van der Waals surface area contributed by atoms with Crippen molar-refractivity contribution < 1.29 is 29.2 Å². The average molecular weight is 757 g/mol. The van der Waals surface area contributed by atoms with Crippen molar-refractivity contribution in [3.05, 3.63) is 106 Å². The first-order chi connectivity index (χ1) is 25.9. The van der Waals surface area contributed by atoms with Gasteiger partial charge in [-0.05, 0) is 74.2 Å². The summed E-state index contributed by atoms with van der Waals surface area (Å²) in [5.74, 6) is -0.000609. The Morgan fingerprint density at radius 1 is 1.17 bits per heavy atom. The second-order valence-corrected chi connectivity index (χ2v) is 15.6. The number of nitriles is 1. The van der Waals surface area contributed by atoms with Crippen LogP contribution in [0.3, 0.4) is 0 Å². The lowest BCUT2D eigenvalue weighted by molar-refractivity contribution is -0.144. The third kappa shape index (κ3) is 10.5. The molecular weight excluding hydrogens is 704 g/mol. The summed E-state index contributed by atoms with van der Waals surface area (Å²) < 4.78 is 19.8. The third-order valence-electron chi connectivity index (χ3n) is 10.4. The minimum absolute atomic E-state index is 0.0781. The SMILES string of the molecule is Cc1ccccc1C1=CC=CC(COc2cc(OCc3cncc(C#N)c3)c(CN3CCCC[C@H]3C(=O)O)cc2Cl)(OCCCNCC(C)(C)CO)C1C. The van der Waals surface area contributed by atoms with Gasteiger partial charge in [0.05, 0.1) is 10.6 Å². The molecule has 2 aromatic carbocycles. The first-order valence-corrected chi connectivity index (χ1v) is 19.1. The number of carboxylic acids is 1. The molecule has 3 N–H and O–H groups in total. The van der Waals surface area contributed by atoms with Crippen LogP contribution in [0, 0.1) is 29.6 Å². The van der Waals surface area contributed by atoms with E-state index < -0.39 is 17.6 Å². The van der Waals surface area contributed by atoms with Crippen molar-refractivity contribution in [2.75, 3.05) is 39.5 Å². The molecule has 5 rings (SSSR count). The van der Waals surface area contributed by atoms with Gasteiger partial charge >= 0.3 is 5.97 Å². The molecule has 0 spiro atoms. The van der Waals surface area contributed by atoms with E-state index in [1.54, 1.807) is 24.4 Å². The summed E-state index contributed by atoms with van der Waals surface area (Å²) in [5.41, 5.74) is 4.33. The van der Waals surface area contributed by atoms with Crippen LogP contribution in [0.25, 0.3) is 5.57 Å². The highest BCUT2D eigenvalue weighted by Crippen LogP contribution is 2.42. The van der Waals surface area contributed by atoms with Gasteiger partial charge in [-0.2, -0.15) is 5.26 Å². The number of pyridine rings is 1. The summed E-state index contributed by atoms with van der Waals surface area (Å²) in [7, 11) is 0. The molecule has 2 unspecified atom stereocenters. The van der Waals surface area contributed by atoms with Crippen LogP contribution in [0.15, 0.2) is 73.1 Å². The van der Waals surface area contributed by atoms with Crippen LogP contribution in [0.2, 0.25) is 5.02 Å². The molecule has 1 aliphatic heterocycles. The molecule has 10 nitrogen and oxygen atoms in total. The van der Waals surface area contributed by atoms with Crippen molar-refractivity contribution in [2.24, 2.45) is 11.3 Å². The van der Waals surface area contributed by atoms with E-state index in [1.165, 1.54) is 11.8 Å². The number of piperidine rings is 1. The number of benzene rings is 2. The summed E-state index contributed by atoms with van der Waals surface area (Å²) in [6.45, 7) is 11.6. The Morgan fingerprint density at radius 3 is 2.74 bits per heavy atom. The van der Waals surface area contributed by atoms with E-state index in [9.17, 15) is 20.3 Å². The molecule has 0 radical (unpaired) electrons. The van der Waals surface area contributed by atoms with Crippen LogP contribution in [-0.2, 0) is 22.7 Å². The Labute approximate surface area is 324 Å². The van der Waals surface area contributed by atoms with Crippen LogP contribution >= 0.6 is 11.6 Å². The van der Waals surface area contributed by atoms with E-state index >= 15 is 0 Å². The monoisotopic (exact) mass is 756 g/mol. The minimum Gasteiger partial charge on any atom is -0.489 e. The van der Waals surface area contributed by atoms with Gasteiger partial charge in [-0.3, -0.25) is 14.7 Å². The lowest BCUT2D eigenvalue weighted by atomic mass is 9.76. The van der Waals surface area contributed by atoms with Crippen LogP contribution in [0.5, 0.6) is 11.5 Å². The molecule has 0 saturated carbocycles. The summed E-state index contributed by atoms with van der Waals surface area (Å²) in [6.07, 6.45) is 12.5. The molecule has 1 aliphatic carbocycles. The number of hydrogen-bond acceptors (Lipinski definition) is 9. The van der Waals surface area contributed by atoms with Crippen molar-refractivity contribution in [1.29, 1.82) is 5.26 Å². The van der Waals surface area contributed by atoms with E-state index in [-0.39, 0.29) is 31.2 Å². The predicted octanol–water partition coefficient (Wildman–Crippen LogP) is 7.36. The number of aryl methyl sites for hydroxylation is 1. The number of aliphatic hydroxyl groups is 1. The average Bonchev–Trinajstić information content (AvgIpc) is 3.17. The van der Waals surface area contributed by atoms with E-state index in [0.717, 1.165) is 48.1 Å². The largest absolute Gasteiger partial charge is 0.489 e. The highest BCUT2D eigenvalue weighted by molar-refractivity contribution is 6.32. The van der Waals surface area contributed by atoms with Crippen molar-refractivity contribution >= 4 is 23.1 Å². The van der Waals surface area contributed by atoms with E-state index in [4.69, 9.17) is 25.8 Å². The Balaban J connectivity index is 1.41. The molecule has 3 atom stereocenters. The topological polar surface area (TPSA) is 137 Å². The fraction of sp³-hybridized carbons (Fsp3) is 0.465. The Kier molecular flexibility index (Phi) is 14.3. The fourth-order valence-corrected chi connectivity index (χ4v) is 7.26. The quantitative estimate of drug-likeness (QED) is 0.113. The van der Waals surface area contributed by atoms with Gasteiger partial charge < -0.3 is 29.7 Å². The number of nitrogens with one attached hydrogen (secondary N) is 1. The Morgan fingerprint density at radius 2 is 1.98 bits per heavy atom. The molecule has 2 aliphatic rings. The van der Waals surface area contributed by atoms with Crippen molar-refractivity contribution in [3.63, 3.8) is 0 Å². The molecule has 288 valence electrons. The summed E-state index contributed by atoms with van der Waals surface area (Å²) >= 11 is 6.97. The standard InChI is InChI=1S/C43H53ClN4O6/c1-30-11-5-6-12-35(30)36-13-9-15-43(31(36)2,54-18-10-16-46-27-42(3,4)28-49)29-53-40-21-39(52-26-33-19-32(22-45)23-47-24-33)34(20-37(40)44)25-48-17-8-7-14-38(48)41(50)51/h5-6,9,11-13,15,19-21,23-24,31,38,46,49H,7-8,10,14,16-18,25-29H2,1-4H3,(H,50,51)/t31?,38-,43?/m0/s1. The van der Waals surface area contributed by atoms with Crippen LogP contribution in [0.4, 0.5) is 0 Å². The number of nitrogens with zero attached hydrogens (tertiary/aromatic N) is 3. The maximum atomic E-state index is 12.1. The zero-order valence-electron chi connectivity index (χ0n) is 31.8. The molecule has 11 heteroatoms. The third-order valence-corrected chi connectivity index (χ3v) is 10.7. The van der Waals surface area contributed by atoms with Crippen LogP contribution in [-0.4, -0.2) is 77.2 Å². The fourth-order valence-electron chi connectivity index (χ4n) is 7.02.